The van der Waals surface area contributed by atoms with Gasteiger partial charge in [0, 0.05) is 23.7 Å². The Morgan fingerprint density at radius 2 is 2.22 bits per heavy atom. The van der Waals surface area contributed by atoms with Crippen LogP contribution in [0.4, 0.5) is 5.82 Å². The molecule has 1 fully saturated rings. The van der Waals surface area contributed by atoms with Gasteiger partial charge in [-0.05, 0) is 31.2 Å². The van der Waals surface area contributed by atoms with Crippen molar-refractivity contribution in [3.8, 4) is 0 Å². The van der Waals surface area contributed by atoms with E-state index in [0.717, 1.165) is 16.7 Å². The molecular formula is C14H19N3S. The number of rotatable bonds is 3. The van der Waals surface area contributed by atoms with Crippen molar-refractivity contribution >= 4 is 23.2 Å². The molecule has 0 saturated heterocycles. The summed E-state index contributed by atoms with van der Waals surface area (Å²) in [4.78, 5) is 4.33. The van der Waals surface area contributed by atoms with Crippen LogP contribution in [-0.4, -0.2) is 26.9 Å². The summed E-state index contributed by atoms with van der Waals surface area (Å²) in [5.41, 5.74) is 1.01. The van der Waals surface area contributed by atoms with Gasteiger partial charge in [-0.25, -0.2) is 4.98 Å². The number of thioether (sulfide) groups is 1. The highest BCUT2D eigenvalue weighted by Crippen LogP contribution is 2.29. The Labute approximate surface area is 112 Å². The molecule has 18 heavy (non-hydrogen) atoms. The Hall–Kier alpha value is -1.16. The van der Waals surface area contributed by atoms with Crippen LogP contribution in [0, 0.1) is 0 Å². The van der Waals surface area contributed by atoms with Crippen LogP contribution in [0.5, 0.6) is 0 Å². The van der Waals surface area contributed by atoms with E-state index >= 15 is 0 Å². The Balaban J connectivity index is 1.84. The fourth-order valence-electron chi connectivity index (χ4n) is 2.80. The number of hydrogen-bond donors (Lipinski definition) is 1. The lowest BCUT2D eigenvalue weighted by Crippen LogP contribution is -2.34. The molecule has 4 heteroatoms. The SMILES string of the molecule is CSC1CCCCC1Nc1cccc2nccn12. The van der Waals surface area contributed by atoms with E-state index in [9.17, 15) is 0 Å². The summed E-state index contributed by atoms with van der Waals surface area (Å²) in [7, 11) is 0. The number of anilines is 1. The van der Waals surface area contributed by atoms with E-state index in [4.69, 9.17) is 0 Å². The number of nitrogens with one attached hydrogen (secondary N) is 1. The zero-order chi connectivity index (χ0) is 12.4. The lowest BCUT2D eigenvalue weighted by molar-refractivity contribution is 0.474. The van der Waals surface area contributed by atoms with Crippen molar-refractivity contribution in [2.75, 3.05) is 11.6 Å². The van der Waals surface area contributed by atoms with E-state index in [-0.39, 0.29) is 0 Å². The molecule has 1 aliphatic rings. The highest BCUT2D eigenvalue weighted by atomic mass is 32.2. The van der Waals surface area contributed by atoms with Gasteiger partial charge in [-0.15, -0.1) is 0 Å². The number of aromatic nitrogens is 2. The largest absolute Gasteiger partial charge is 0.367 e. The first-order valence-electron chi connectivity index (χ1n) is 6.60. The Morgan fingerprint density at radius 3 is 3.11 bits per heavy atom. The average Bonchev–Trinajstić information content (AvgIpc) is 2.89. The Morgan fingerprint density at radius 1 is 1.33 bits per heavy atom. The van der Waals surface area contributed by atoms with Crippen LogP contribution < -0.4 is 5.32 Å². The molecule has 2 heterocycles. The monoisotopic (exact) mass is 261 g/mol. The van der Waals surface area contributed by atoms with E-state index in [1.54, 1.807) is 0 Å². The number of imidazole rings is 1. The van der Waals surface area contributed by atoms with Gasteiger partial charge in [-0.2, -0.15) is 11.8 Å². The van der Waals surface area contributed by atoms with Crippen molar-refractivity contribution in [3.63, 3.8) is 0 Å². The molecule has 0 amide bonds. The Bertz CT molecular complexity index is 522. The molecule has 2 atom stereocenters. The summed E-state index contributed by atoms with van der Waals surface area (Å²) in [6.45, 7) is 0. The number of pyridine rings is 1. The van der Waals surface area contributed by atoms with E-state index in [1.165, 1.54) is 25.7 Å². The van der Waals surface area contributed by atoms with Crippen molar-refractivity contribution in [2.24, 2.45) is 0 Å². The maximum absolute atomic E-state index is 4.33. The van der Waals surface area contributed by atoms with Crippen molar-refractivity contribution < 1.29 is 0 Å². The minimum Gasteiger partial charge on any atom is -0.367 e. The standard InChI is InChI=1S/C14H19N3S/c1-18-12-6-3-2-5-11(12)16-14-8-4-7-13-15-9-10-17(13)14/h4,7-12,16H,2-3,5-6H2,1H3. The van der Waals surface area contributed by atoms with Crippen molar-refractivity contribution in [1.29, 1.82) is 0 Å². The number of fused-ring (bicyclic) bond motifs is 1. The second-order valence-electron chi connectivity index (χ2n) is 4.88. The van der Waals surface area contributed by atoms with Gasteiger partial charge < -0.3 is 5.32 Å². The minimum atomic E-state index is 0.585. The third-order valence-electron chi connectivity index (χ3n) is 3.77. The molecule has 2 aromatic heterocycles. The van der Waals surface area contributed by atoms with Crippen molar-refractivity contribution in [2.45, 2.75) is 37.0 Å². The topological polar surface area (TPSA) is 29.3 Å². The third-order valence-corrected chi connectivity index (χ3v) is 4.94. The van der Waals surface area contributed by atoms with E-state index in [1.807, 2.05) is 30.2 Å². The van der Waals surface area contributed by atoms with Gasteiger partial charge in [0.25, 0.3) is 0 Å². The molecule has 0 spiro atoms. The molecule has 0 aromatic carbocycles. The fourth-order valence-corrected chi connectivity index (χ4v) is 3.73. The van der Waals surface area contributed by atoms with Gasteiger partial charge >= 0.3 is 0 Å². The van der Waals surface area contributed by atoms with E-state index in [2.05, 4.69) is 33.1 Å². The quantitative estimate of drug-likeness (QED) is 0.918. The van der Waals surface area contributed by atoms with Crippen LogP contribution in [0.15, 0.2) is 30.6 Å². The second-order valence-corrected chi connectivity index (χ2v) is 5.95. The van der Waals surface area contributed by atoms with Gasteiger partial charge in [-0.1, -0.05) is 18.9 Å². The first-order chi connectivity index (χ1) is 8.88. The highest BCUT2D eigenvalue weighted by molar-refractivity contribution is 7.99. The molecule has 96 valence electrons. The molecule has 1 saturated carbocycles. The van der Waals surface area contributed by atoms with Gasteiger partial charge in [0.2, 0.25) is 0 Å². The molecule has 0 radical (unpaired) electrons. The first kappa shape index (κ1) is 11.9. The maximum atomic E-state index is 4.33. The van der Waals surface area contributed by atoms with Gasteiger partial charge in [0.15, 0.2) is 0 Å². The van der Waals surface area contributed by atoms with Gasteiger partial charge in [-0.3, -0.25) is 4.40 Å². The molecule has 0 bridgehead atoms. The summed E-state index contributed by atoms with van der Waals surface area (Å²) in [6, 6.07) is 6.84. The average molecular weight is 261 g/mol. The van der Waals surface area contributed by atoms with Crippen LogP contribution in [-0.2, 0) is 0 Å². The molecule has 1 N–H and O–H groups in total. The van der Waals surface area contributed by atoms with Crippen LogP contribution in [0.2, 0.25) is 0 Å². The zero-order valence-electron chi connectivity index (χ0n) is 10.7. The van der Waals surface area contributed by atoms with Crippen molar-refractivity contribution in [1.82, 2.24) is 9.38 Å². The predicted molar refractivity (Wildman–Crippen MR) is 78.4 cm³/mol. The van der Waals surface area contributed by atoms with Crippen LogP contribution in [0.1, 0.15) is 25.7 Å². The van der Waals surface area contributed by atoms with Crippen LogP contribution in [0.3, 0.4) is 0 Å². The zero-order valence-corrected chi connectivity index (χ0v) is 11.5. The lowest BCUT2D eigenvalue weighted by atomic mass is 9.95. The summed E-state index contributed by atoms with van der Waals surface area (Å²) in [5, 5.41) is 4.45. The highest BCUT2D eigenvalue weighted by Gasteiger charge is 2.24. The summed E-state index contributed by atoms with van der Waals surface area (Å²) >= 11 is 1.99. The molecule has 2 unspecified atom stereocenters. The predicted octanol–water partition coefficient (Wildman–Crippen LogP) is 3.42. The lowest BCUT2D eigenvalue weighted by Gasteiger charge is -2.31. The van der Waals surface area contributed by atoms with E-state index < -0.39 is 0 Å². The molecule has 1 aliphatic carbocycles. The van der Waals surface area contributed by atoms with Crippen LogP contribution in [0.25, 0.3) is 5.65 Å². The molecule has 3 nitrogen and oxygen atoms in total. The first-order valence-corrected chi connectivity index (χ1v) is 7.88. The maximum Gasteiger partial charge on any atom is 0.138 e. The molecule has 0 aliphatic heterocycles. The summed E-state index contributed by atoms with van der Waals surface area (Å²) in [6.07, 6.45) is 11.4. The second kappa shape index (κ2) is 5.22. The van der Waals surface area contributed by atoms with Gasteiger partial charge in [0.05, 0.1) is 0 Å². The normalized spacial score (nSPS) is 24.3. The number of hydrogen-bond acceptors (Lipinski definition) is 3. The summed E-state index contributed by atoms with van der Waals surface area (Å²) < 4.78 is 2.13. The Kier molecular flexibility index (Phi) is 3.46. The third kappa shape index (κ3) is 2.21. The van der Waals surface area contributed by atoms with Crippen LogP contribution >= 0.6 is 11.8 Å². The molecule has 2 aromatic rings. The molecular weight excluding hydrogens is 242 g/mol. The molecule has 3 rings (SSSR count). The summed E-state index contributed by atoms with van der Waals surface area (Å²) in [5.74, 6) is 1.16. The van der Waals surface area contributed by atoms with Crippen molar-refractivity contribution in [3.05, 3.63) is 30.6 Å². The smallest absolute Gasteiger partial charge is 0.138 e. The minimum absolute atomic E-state index is 0.585. The van der Waals surface area contributed by atoms with Gasteiger partial charge in [0.1, 0.15) is 11.5 Å². The fraction of sp³-hybridized carbons (Fsp3) is 0.500. The van der Waals surface area contributed by atoms with E-state index in [0.29, 0.717) is 6.04 Å². The number of nitrogens with zero attached hydrogens (tertiary/aromatic N) is 2.